The highest BCUT2D eigenvalue weighted by molar-refractivity contribution is 5.93. The molecule has 1 aliphatic rings. The van der Waals surface area contributed by atoms with Crippen molar-refractivity contribution in [1.29, 1.82) is 0 Å². The lowest BCUT2D eigenvalue weighted by Crippen LogP contribution is -2.25. The molecule has 0 heterocycles. The van der Waals surface area contributed by atoms with E-state index in [0.29, 0.717) is 17.6 Å². The van der Waals surface area contributed by atoms with Crippen LogP contribution in [0, 0.1) is 11.2 Å². The van der Waals surface area contributed by atoms with E-state index in [0.717, 1.165) is 5.56 Å². The Kier molecular flexibility index (Phi) is 2.34. The van der Waals surface area contributed by atoms with Crippen LogP contribution in [0.3, 0.4) is 0 Å². The lowest BCUT2D eigenvalue weighted by molar-refractivity contribution is -0.143. The van der Waals surface area contributed by atoms with Gasteiger partial charge in [0.1, 0.15) is 5.82 Å². The maximum absolute atomic E-state index is 13.7. The summed E-state index contributed by atoms with van der Waals surface area (Å²) >= 11 is 0. The third kappa shape index (κ3) is 1.43. The van der Waals surface area contributed by atoms with E-state index in [1.807, 2.05) is 12.1 Å². The van der Waals surface area contributed by atoms with E-state index in [9.17, 15) is 9.18 Å². The molecule has 2 rings (SSSR count). The Bertz CT molecular complexity index is 487. The van der Waals surface area contributed by atoms with Crippen molar-refractivity contribution in [3.8, 4) is 0 Å². The number of halogens is 1. The fraction of sp³-hybridized carbons (Fsp3) is 0.308. The van der Waals surface area contributed by atoms with Gasteiger partial charge >= 0.3 is 5.97 Å². The van der Waals surface area contributed by atoms with Crippen molar-refractivity contribution in [2.24, 2.45) is 5.41 Å². The number of aliphatic carboxylic acids is 1. The highest BCUT2D eigenvalue weighted by Gasteiger charge is 2.36. The van der Waals surface area contributed by atoms with E-state index in [2.05, 4.69) is 0 Å². The maximum atomic E-state index is 13.7. The van der Waals surface area contributed by atoms with Crippen molar-refractivity contribution in [2.45, 2.75) is 20.3 Å². The van der Waals surface area contributed by atoms with Crippen molar-refractivity contribution < 1.29 is 14.3 Å². The van der Waals surface area contributed by atoms with Crippen LogP contribution in [0.1, 0.15) is 25.0 Å². The molecule has 0 amide bonds. The average molecular weight is 220 g/mol. The molecule has 1 aliphatic carbocycles. The summed E-state index contributed by atoms with van der Waals surface area (Å²) in [6, 6.07) is 4.86. The van der Waals surface area contributed by atoms with Gasteiger partial charge in [-0.2, -0.15) is 0 Å². The Morgan fingerprint density at radius 1 is 1.44 bits per heavy atom. The van der Waals surface area contributed by atoms with Crippen LogP contribution < -0.4 is 0 Å². The van der Waals surface area contributed by atoms with E-state index < -0.39 is 11.4 Å². The Morgan fingerprint density at radius 3 is 2.75 bits per heavy atom. The van der Waals surface area contributed by atoms with Gasteiger partial charge < -0.3 is 5.11 Å². The van der Waals surface area contributed by atoms with Crippen molar-refractivity contribution in [3.05, 3.63) is 41.2 Å². The number of carbonyl (C=O) groups is 1. The number of carboxylic acids is 1. The molecule has 0 spiro atoms. The van der Waals surface area contributed by atoms with E-state index in [1.165, 1.54) is 6.07 Å². The molecule has 0 saturated carbocycles. The van der Waals surface area contributed by atoms with Gasteiger partial charge in [-0.3, -0.25) is 4.79 Å². The summed E-state index contributed by atoms with van der Waals surface area (Å²) in [6.07, 6.45) is 2.42. The highest BCUT2D eigenvalue weighted by Crippen LogP contribution is 2.41. The minimum atomic E-state index is -1.05. The van der Waals surface area contributed by atoms with E-state index in [4.69, 9.17) is 5.11 Å². The number of benzene rings is 1. The first kappa shape index (κ1) is 10.9. The molecule has 1 N–H and O–H groups in total. The molecule has 0 radical (unpaired) electrons. The Morgan fingerprint density at radius 2 is 2.12 bits per heavy atom. The average Bonchev–Trinajstić information content (AvgIpc) is 2.63. The van der Waals surface area contributed by atoms with E-state index >= 15 is 0 Å². The lowest BCUT2D eigenvalue weighted by atomic mass is 9.81. The van der Waals surface area contributed by atoms with Gasteiger partial charge in [-0.05, 0) is 37.5 Å². The number of rotatable bonds is 2. The molecule has 1 aromatic carbocycles. The van der Waals surface area contributed by atoms with Crippen LogP contribution in [-0.4, -0.2) is 11.1 Å². The molecule has 0 bridgehead atoms. The van der Waals surface area contributed by atoms with Crippen molar-refractivity contribution >= 4 is 11.5 Å². The Hall–Kier alpha value is -1.64. The Labute approximate surface area is 93.4 Å². The van der Waals surface area contributed by atoms with Crippen LogP contribution in [0.15, 0.2) is 24.3 Å². The maximum Gasteiger partial charge on any atom is 0.313 e. The molecule has 0 aromatic heterocycles. The van der Waals surface area contributed by atoms with Crippen LogP contribution in [0.4, 0.5) is 4.39 Å². The third-order valence-corrected chi connectivity index (χ3v) is 3.10. The number of hydrogen-bond donors (Lipinski definition) is 1. The molecular weight excluding hydrogens is 207 g/mol. The molecule has 0 atom stereocenters. The molecule has 0 aliphatic heterocycles. The van der Waals surface area contributed by atoms with Gasteiger partial charge in [0.25, 0.3) is 0 Å². The molecule has 0 saturated heterocycles. The Balaban J connectivity index is 2.55. The second-order valence-electron chi connectivity index (χ2n) is 4.53. The van der Waals surface area contributed by atoms with Gasteiger partial charge in [0.05, 0.1) is 5.41 Å². The molecule has 16 heavy (non-hydrogen) atoms. The number of fused-ring (bicyclic) bond motifs is 1. The summed E-state index contributed by atoms with van der Waals surface area (Å²) in [4.78, 5) is 11.2. The smallest absolute Gasteiger partial charge is 0.313 e. The van der Waals surface area contributed by atoms with Crippen molar-refractivity contribution in [1.82, 2.24) is 0 Å². The van der Waals surface area contributed by atoms with Crippen LogP contribution in [-0.2, 0) is 11.2 Å². The van der Waals surface area contributed by atoms with E-state index in [-0.39, 0.29) is 5.82 Å². The summed E-state index contributed by atoms with van der Waals surface area (Å²) in [7, 11) is 0. The number of hydrogen-bond acceptors (Lipinski definition) is 1. The topological polar surface area (TPSA) is 37.3 Å². The quantitative estimate of drug-likeness (QED) is 0.832. The fourth-order valence-electron chi connectivity index (χ4n) is 2.04. The minimum Gasteiger partial charge on any atom is -0.481 e. The third-order valence-electron chi connectivity index (χ3n) is 3.10. The predicted octanol–water partition coefficient (Wildman–Crippen LogP) is 2.88. The van der Waals surface area contributed by atoms with Gasteiger partial charge in [-0.25, -0.2) is 4.39 Å². The zero-order chi connectivity index (χ0) is 11.9. The summed E-state index contributed by atoms with van der Waals surface area (Å²) < 4.78 is 13.7. The van der Waals surface area contributed by atoms with Crippen LogP contribution in [0.2, 0.25) is 0 Å². The second-order valence-corrected chi connectivity index (χ2v) is 4.53. The first-order valence-corrected chi connectivity index (χ1v) is 5.16. The minimum absolute atomic E-state index is 0.337. The molecule has 0 unspecified atom stereocenters. The second kappa shape index (κ2) is 3.44. The zero-order valence-corrected chi connectivity index (χ0v) is 9.25. The normalized spacial score (nSPS) is 14.6. The summed E-state index contributed by atoms with van der Waals surface area (Å²) in [5.74, 6) is -1.27. The molecule has 84 valence electrons. The standard InChI is InChI=1S/C13H13FO2/c1-13(2,12(15)16)9-7-6-8-4-3-5-10(14)11(8)9/h3-5,7H,6H2,1-2H3,(H,15,16). The van der Waals surface area contributed by atoms with Gasteiger partial charge in [-0.1, -0.05) is 18.2 Å². The van der Waals surface area contributed by atoms with Crippen LogP contribution >= 0.6 is 0 Å². The number of allylic oxidation sites excluding steroid dienone is 1. The first-order chi connectivity index (χ1) is 7.44. The SMILES string of the molecule is CC(C)(C(=O)O)C1=CCc2cccc(F)c21. The largest absolute Gasteiger partial charge is 0.481 e. The first-order valence-electron chi connectivity index (χ1n) is 5.16. The molecular formula is C13H13FO2. The van der Waals surface area contributed by atoms with Crippen molar-refractivity contribution in [2.75, 3.05) is 0 Å². The zero-order valence-electron chi connectivity index (χ0n) is 9.25. The highest BCUT2D eigenvalue weighted by atomic mass is 19.1. The molecule has 0 fully saturated rings. The monoisotopic (exact) mass is 220 g/mol. The molecule has 1 aromatic rings. The van der Waals surface area contributed by atoms with Gasteiger partial charge in [0, 0.05) is 5.56 Å². The van der Waals surface area contributed by atoms with Gasteiger partial charge in [0.2, 0.25) is 0 Å². The van der Waals surface area contributed by atoms with Crippen LogP contribution in [0.5, 0.6) is 0 Å². The van der Waals surface area contributed by atoms with Crippen LogP contribution in [0.25, 0.3) is 5.57 Å². The summed E-state index contributed by atoms with van der Waals surface area (Å²) in [6.45, 7) is 3.20. The summed E-state index contributed by atoms with van der Waals surface area (Å²) in [5.41, 5.74) is 0.861. The fourth-order valence-corrected chi connectivity index (χ4v) is 2.04. The molecule has 3 heteroatoms. The summed E-state index contributed by atoms with van der Waals surface area (Å²) in [5, 5.41) is 9.15. The van der Waals surface area contributed by atoms with Gasteiger partial charge in [0.15, 0.2) is 0 Å². The van der Waals surface area contributed by atoms with Gasteiger partial charge in [-0.15, -0.1) is 0 Å². The predicted molar refractivity (Wildman–Crippen MR) is 59.5 cm³/mol. The van der Waals surface area contributed by atoms with Crippen molar-refractivity contribution in [3.63, 3.8) is 0 Å². The molecule has 2 nitrogen and oxygen atoms in total. The number of carboxylic acid groups (broad SMARTS) is 1. The lowest BCUT2D eigenvalue weighted by Gasteiger charge is -2.22. The van der Waals surface area contributed by atoms with E-state index in [1.54, 1.807) is 19.9 Å².